The summed E-state index contributed by atoms with van der Waals surface area (Å²) >= 11 is 5.94. The highest BCUT2D eigenvalue weighted by Gasteiger charge is 2.20. The average molecular weight is 305 g/mol. The lowest BCUT2D eigenvalue weighted by Gasteiger charge is -2.07. The van der Waals surface area contributed by atoms with Gasteiger partial charge in [0.05, 0.1) is 17.2 Å². The Labute approximate surface area is 124 Å². The monoisotopic (exact) mass is 304 g/mol. The third-order valence-corrected chi connectivity index (χ3v) is 3.13. The molecule has 19 heavy (non-hydrogen) atoms. The van der Waals surface area contributed by atoms with Crippen molar-refractivity contribution in [3.05, 3.63) is 28.8 Å². The van der Waals surface area contributed by atoms with Crippen LogP contribution in [0, 0.1) is 5.92 Å². The molecule has 0 aromatic heterocycles. The Hall–Kier alpha value is -0.970. The zero-order chi connectivity index (χ0) is 13.0. The molecule has 0 saturated heterocycles. The topological polar surface area (TPSA) is 64.4 Å². The van der Waals surface area contributed by atoms with E-state index >= 15 is 0 Å². The van der Waals surface area contributed by atoms with E-state index < -0.39 is 0 Å². The molecule has 0 heterocycles. The van der Waals surface area contributed by atoms with E-state index in [1.807, 2.05) is 0 Å². The number of hydrogen-bond acceptors (Lipinski definition) is 3. The number of ether oxygens (including phenoxy) is 1. The van der Waals surface area contributed by atoms with Gasteiger partial charge in [0.15, 0.2) is 0 Å². The number of halogens is 2. The summed E-state index contributed by atoms with van der Waals surface area (Å²) < 4.78 is 5.43. The van der Waals surface area contributed by atoms with E-state index in [-0.39, 0.29) is 18.3 Å². The molecule has 0 spiro atoms. The Balaban J connectivity index is 0.00000180. The quantitative estimate of drug-likeness (QED) is 0.627. The van der Waals surface area contributed by atoms with Gasteiger partial charge in [0.25, 0.3) is 5.91 Å². The molecule has 1 amide bonds. The molecule has 0 radical (unpaired) electrons. The van der Waals surface area contributed by atoms with Gasteiger partial charge in [-0.1, -0.05) is 11.6 Å². The second-order valence-corrected chi connectivity index (χ2v) is 4.92. The molecule has 6 heteroatoms. The normalized spacial score (nSPS) is 13.7. The second-order valence-electron chi connectivity index (χ2n) is 4.51. The van der Waals surface area contributed by atoms with Crippen LogP contribution in [0.2, 0.25) is 5.02 Å². The second kappa shape index (κ2) is 7.58. The highest BCUT2D eigenvalue weighted by molar-refractivity contribution is 6.34. The molecule has 106 valence electrons. The zero-order valence-electron chi connectivity index (χ0n) is 10.5. The van der Waals surface area contributed by atoms with Crippen LogP contribution in [0.25, 0.3) is 0 Å². The Bertz CT molecular complexity index is 437. The van der Waals surface area contributed by atoms with Crippen molar-refractivity contribution in [3.63, 3.8) is 0 Å². The predicted molar refractivity (Wildman–Crippen MR) is 79.0 cm³/mol. The van der Waals surface area contributed by atoms with E-state index in [4.69, 9.17) is 22.1 Å². The van der Waals surface area contributed by atoms with Gasteiger partial charge in [-0.3, -0.25) is 4.79 Å². The molecule has 4 nitrogen and oxygen atoms in total. The molecule has 0 unspecified atom stereocenters. The molecule has 1 aliphatic carbocycles. The Kier molecular flexibility index (Phi) is 6.42. The number of nitrogen functional groups attached to an aromatic ring is 1. The molecule has 0 aliphatic heterocycles. The number of benzene rings is 1. The summed E-state index contributed by atoms with van der Waals surface area (Å²) in [5.74, 6) is 0.544. The van der Waals surface area contributed by atoms with Crippen molar-refractivity contribution in [2.75, 3.05) is 25.5 Å². The number of anilines is 1. The third-order valence-electron chi connectivity index (χ3n) is 2.82. The van der Waals surface area contributed by atoms with Crippen molar-refractivity contribution >= 4 is 35.6 Å². The standard InChI is InChI=1S/C13H17ClN2O2.ClH/c14-12-7-10(15)3-4-11(12)13(17)16-5-6-18-8-9-1-2-9;/h3-4,7,9H,1-2,5-6,8,15H2,(H,16,17);1H. The lowest BCUT2D eigenvalue weighted by atomic mass is 10.2. The van der Waals surface area contributed by atoms with Crippen LogP contribution >= 0.6 is 24.0 Å². The van der Waals surface area contributed by atoms with Gasteiger partial charge in [-0.2, -0.15) is 0 Å². The van der Waals surface area contributed by atoms with E-state index in [0.29, 0.717) is 29.4 Å². The van der Waals surface area contributed by atoms with Crippen LogP contribution in [0.15, 0.2) is 18.2 Å². The lowest BCUT2D eigenvalue weighted by Crippen LogP contribution is -2.27. The summed E-state index contributed by atoms with van der Waals surface area (Å²) in [5.41, 5.74) is 6.55. The molecule has 1 aromatic carbocycles. The van der Waals surface area contributed by atoms with Crippen LogP contribution < -0.4 is 11.1 Å². The smallest absolute Gasteiger partial charge is 0.252 e. The van der Waals surface area contributed by atoms with Crippen LogP contribution in [0.3, 0.4) is 0 Å². The minimum Gasteiger partial charge on any atom is -0.399 e. The summed E-state index contributed by atoms with van der Waals surface area (Å²) in [7, 11) is 0. The maximum Gasteiger partial charge on any atom is 0.252 e. The van der Waals surface area contributed by atoms with Gasteiger partial charge >= 0.3 is 0 Å². The van der Waals surface area contributed by atoms with Crippen molar-refractivity contribution in [1.82, 2.24) is 5.32 Å². The van der Waals surface area contributed by atoms with Crippen LogP contribution in [-0.4, -0.2) is 25.7 Å². The summed E-state index contributed by atoms with van der Waals surface area (Å²) in [4.78, 5) is 11.8. The maximum atomic E-state index is 11.8. The molecular formula is C13H18Cl2N2O2. The van der Waals surface area contributed by atoms with Crippen molar-refractivity contribution in [2.24, 2.45) is 5.92 Å². The van der Waals surface area contributed by atoms with Crippen LogP contribution in [0.5, 0.6) is 0 Å². The van der Waals surface area contributed by atoms with Crippen molar-refractivity contribution < 1.29 is 9.53 Å². The Morgan fingerprint density at radius 2 is 2.21 bits per heavy atom. The third kappa shape index (κ3) is 5.27. The minimum atomic E-state index is -0.199. The number of rotatable bonds is 6. The van der Waals surface area contributed by atoms with Gasteiger partial charge in [-0.25, -0.2) is 0 Å². The minimum absolute atomic E-state index is 0. The van der Waals surface area contributed by atoms with Gasteiger partial charge < -0.3 is 15.8 Å². The van der Waals surface area contributed by atoms with E-state index in [2.05, 4.69) is 5.32 Å². The number of carbonyl (C=O) groups excluding carboxylic acids is 1. The first-order chi connectivity index (χ1) is 8.66. The van der Waals surface area contributed by atoms with Gasteiger partial charge in [-0.15, -0.1) is 12.4 Å². The van der Waals surface area contributed by atoms with Crippen molar-refractivity contribution in [1.29, 1.82) is 0 Å². The van der Waals surface area contributed by atoms with E-state index in [9.17, 15) is 4.79 Å². The van der Waals surface area contributed by atoms with Gasteiger partial charge in [0.1, 0.15) is 0 Å². The van der Waals surface area contributed by atoms with E-state index in [0.717, 1.165) is 12.5 Å². The molecule has 1 fully saturated rings. The number of carbonyl (C=O) groups is 1. The highest BCUT2D eigenvalue weighted by Crippen LogP contribution is 2.28. The molecule has 1 aromatic rings. The van der Waals surface area contributed by atoms with Gasteiger partial charge in [0.2, 0.25) is 0 Å². The zero-order valence-corrected chi connectivity index (χ0v) is 12.1. The van der Waals surface area contributed by atoms with Crippen LogP contribution in [0.1, 0.15) is 23.2 Å². The first-order valence-corrected chi connectivity index (χ1v) is 6.45. The van der Waals surface area contributed by atoms with Crippen molar-refractivity contribution in [3.8, 4) is 0 Å². The molecular weight excluding hydrogens is 287 g/mol. The molecule has 3 N–H and O–H groups in total. The average Bonchev–Trinajstić information content (AvgIpc) is 3.12. The maximum absolute atomic E-state index is 11.8. The summed E-state index contributed by atoms with van der Waals surface area (Å²) in [5, 5.41) is 3.13. The number of nitrogens with one attached hydrogen (secondary N) is 1. The lowest BCUT2D eigenvalue weighted by molar-refractivity contribution is 0.0906. The Morgan fingerprint density at radius 1 is 1.47 bits per heavy atom. The molecule has 0 bridgehead atoms. The summed E-state index contributed by atoms with van der Waals surface area (Å²) in [6.45, 7) is 1.83. The highest BCUT2D eigenvalue weighted by atomic mass is 35.5. The van der Waals surface area contributed by atoms with Crippen molar-refractivity contribution in [2.45, 2.75) is 12.8 Å². The fourth-order valence-corrected chi connectivity index (χ4v) is 1.86. The number of amides is 1. The largest absolute Gasteiger partial charge is 0.399 e. The Morgan fingerprint density at radius 3 is 2.84 bits per heavy atom. The van der Waals surface area contributed by atoms with Gasteiger partial charge in [-0.05, 0) is 37.0 Å². The molecule has 2 rings (SSSR count). The van der Waals surface area contributed by atoms with E-state index in [1.54, 1.807) is 18.2 Å². The summed E-state index contributed by atoms with van der Waals surface area (Å²) in [6.07, 6.45) is 2.54. The number of nitrogens with two attached hydrogens (primary N) is 1. The molecule has 1 aliphatic rings. The fourth-order valence-electron chi connectivity index (χ4n) is 1.58. The fraction of sp³-hybridized carbons (Fsp3) is 0.462. The summed E-state index contributed by atoms with van der Waals surface area (Å²) in [6, 6.07) is 4.85. The molecule has 0 atom stereocenters. The first-order valence-electron chi connectivity index (χ1n) is 6.08. The first kappa shape index (κ1) is 16.1. The SMILES string of the molecule is Cl.Nc1ccc(C(=O)NCCOCC2CC2)c(Cl)c1. The van der Waals surface area contributed by atoms with Crippen LogP contribution in [-0.2, 0) is 4.74 Å². The van der Waals surface area contributed by atoms with E-state index in [1.165, 1.54) is 12.8 Å². The predicted octanol–water partition coefficient (Wildman–Crippen LogP) is 2.50. The molecule has 1 saturated carbocycles. The van der Waals surface area contributed by atoms with Gasteiger partial charge in [0, 0.05) is 18.8 Å². The number of hydrogen-bond donors (Lipinski definition) is 2. The van der Waals surface area contributed by atoms with Crippen LogP contribution in [0.4, 0.5) is 5.69 Å².